The molecule has 0 bridgehead atoms. The molecular formula is C28H44N6O2. The third kappa shape index (κ3) is 6.21. The molecule has 0 atom stereocenters. The quantitative estimate of drug-likeness (QED) is 0.546. The number of aliphatic hydroxyl groups is 1. The van der Waals surface area contributed by atoms with Crippen molar-refractivity contribution in [2.75, 3.05) is 44.2 Å². The normalized spacial score (nSPS) is 24.7. The summed E-state index contributed by atoms with van der Waals surface area (Å²) in [6, 6.07) is 4.95. The Kier molecular flexibility index (Phi) is 8.44. The molecule has 4 heterocycles. The molecule has 198 valence electrons. The van der Waals surface area contributed by atoms with Crippen LogP contribution in [0.25, 0.3) is 11.0 Å². The van der Waals surface area contributed by atoms with E-state index >= 15 is 0 Å². The summed E-state index contributed by atoms with van der Waals surface area (Å²) in [5.41, 5.74) is 1.61. The Bertz CT molecular complexity index is 999. The lowest BCUT2D eigenvalue weighted by atomic mass is 9.93. The number of hydrogen-bond acceptors (Lipinski definition) is 6. The number of amides is 1. The summed E-state index contributed by atoms with van der Waals surface area (Å²) in [5.74, 6) is 1.05. The molecule has 2 aromatic heterocycles. The van der Waals surface area contributed by atoms with E-state index in [2.05, 4.69) is 32.6 Å². The van der Waals surface area contributed by atoms with E-state index < -0.39 is 0 Å². The SMILES string of the molecule is Cn1cc(C(=O)NC2CCN(CCNC3CCC(O)CC3)CC2)c2ccc(N3CCCCCC3)nc21. The molecule has 1 aliphatic carbocycles. The van der Waals surface area contributed by atoms with Gasteiger partial charge in [0.05, 0.1) is 11.7 Å². The number of aromatic nitrogens is 2. The average molecular weight is 497 g/mol. The van der Waals surface area contributed by atoms with Crippen molar-refractivity contribution < 1.29 is 9.90 Å². The van der Waals surface area contributed by atoms with Crippen molar-refractivity contribution in [3.8, 4) is 0 Å². The third-order valence-electron chi connectivity index (χ3n) is 8.46. The Morgan fingerprint density at radius 3 is 2.42 bits per heavy atom. The van der Waals surface area contributed by atoms with Gasteiger partial charge in [-0.15, -0.1) is 0 Å². The van der Waals surface area contributed by atoms with E-state index in [-0.39, 0.29) is 18.1 Å². The summed E-state index contributed by atoms with van der Waals surface area (Å²) in [6.07, 6.45) is 12.9. The van der Waals surface area contributed by atoms with E-state index in [4.69, 9.17) is 4.98 Å². The van der Waals surface area contributed by atoms with Crippen molar-refractivity contribution in [3.05, 3.63) is 23.9 Å². The standard InChI is InChI=1S/C28H44N6O2/c1-32-20-25(24-10-11-26(31-27(24)32)34-15-4-2-3-5-16-34)28(36)30-22-12-17-33(18-13-22)19-14-29-21-6-8-23(35)9-7-21/h10-11,20-23,29,35H,2-9,12-19H2,1H3,(H,30,36). The van der Waals surface area contributed by atoms with Crippen molar-refractivity contribution >= 4 is 22.8 Å². The minimum Gasteiger partial charge on any atom is -0.393 e. The summed E-state index contributed by atoms with van der Waals surface area (Å²) in [4.78, 5) is 23.1. The number of aryl methyl sites for hydroxylation is 1. The molecule has 5 rings (SSSR count). The highest BCUT2D eigenvalue weighted by atomic mass is 16.3. The van der Waals surface area contributed by atoms with Crippen molar-refractivity contribution in [1.82, 2.24) is 25.1 Å². The van der Waals surface area contributed by atoms with Gasteiger partial charge in [-0.2, -0.15) is 0 Å². The topological polar surface area (TPSA) is 85.7 Å². The van der Waals surface area contributed by atoms with Crippen LogP contribution >= 0.6 is 0 Å². The lowest BCUT2D eigenvalue weighted by Crippen LogP contribution is -2.47. The number of anilines is 1. The number of carbonyl (C=O) groups excluding carboxylic acids is 1. The molecule has 8 heteroatoms. The van der Waals surface area contributed by atoms with Gasteiger partial charge < -0.3 is 30.1 Å². The number of likely N-dealkylation sites (tertiary alicyclic amines) is 1. The Balaban J connectivity index is 1.11. The number of carbonyl (C=O) groups is 1. The molecule has 0 aromatic carbocycles. The van der Waals surface area contributed by atoms with E-state index in [0.29, 0.717) is 6.04 Å². The first-order valence-electron chi connectivity index (χ1n) is 14.2. The first-order chi connectivity index (χ1) is 17.6. The van der Waals surface area contributed by atoms with Crippen molar-refractivity contribution in [2.24, 2.45) is 7.05 Å². The molecule has 8 nitrogen and oxygen atoms in total. The van der Waals surface area contributed by atoms with Crippen LogP contribution in [0.1, 0.15) is 74.6 Å². The van der Waals surface area contributed by atoms with E-state index in [9.17, 15) is 9.90 Å². The zero-order valence-electron chi connectivity index (χ0n) is 21.9. The minimum absolute atomic E-state index is 0.0181. The zero-order valence-corrected chi connectivity index (χ0v) is 21.9. The number of pyridine rings is 1. The van der Waals surface area contributed by atoms with Gasteiger partial charge in [0, 0.05) is 70.0 Å². The molecular weight excluding hydrogens is 452 g/mol. The molecule has 3 fully saturated rings. The van der Waals surface area contributed by atoms with Gasteiger partial charge in [0.1, 0.15) is 11.5 Å². The molecule has 1 amide bonds. The summed E-state index contributed by atoms with van der Waals surface area (Å²) < 4.78 is 1.99. The highest BCUT2D eigenvalue weighted by Crippen LogP contribution is 2.25. The molecule has 2 aliphatic heterocycles. The monoisotopic (exact) mass is 496 g/mol. The predicted molar refractivity (Wildman–Crippen MR) is 145 cm³/mol. The number of piperidine rings is 1. The second-order valence-electron chi connectivity index (χ2n) is 11.1. The molecule has 1 saturated carbocycles. The molecule has 2 aromatic rings. The molecule has 0 unspecified atom stereocenters. The van der Waals surface area contributed by atoms with Gasteiger partial charge in [0.15, 0.2) is 0 Å². The van der Waals surface area contributed by atoms with Gasteiger partial charge in [-0.1, -0.05) is 12.8 Å². The summed E-state index contributed by atoms with van der Waals surface area (Å²) in [5, 5.41) is 17.6. The summed E-state index contributed by atoms with van der Waals surface area (Å²) in [6.45, 7) is 6.22. The van der Waals surface area contributed by atoms with Crippen LogP contribution in [0.4, 0.5) is 5.82 Å². The van der Waals surface area contributed by atoms with Crippen LogP contribution in [0.15, 0.2) is 18.3 Å². The molecule has 36 heavy (non-hydrogen) atoms. The Morgan fingerprint density at radius 1 is 0.972 bits per heavy atom. The van der Waals surface area contributed by atoms with Crippen molar-refractivity contribution in [2.45, 2.75) is 82.4 Å². The maximum Gasteiger partial charge on any atom is 0.253 e. The first kappa shape index (κ1) is 25.5. The van der Waals surface area contributed by atoms with Crippen LogP contribution in [0, 0.1) is 0 Å². The Labute approximate surface area is 215 Å². The molecule has 2 saturated heterocycles. The second kappa shape index (κ2) is 11.9. The first-order valence-corrected chi connectivity index (χ1v) is 14.2. The molecule has 0 spiro atoms. The van der Waals surface area contributed by atoms with Gasteiger partial charge in [-0.25, -0.2) is 4.98 Å². The minimum atomic E-state index is -0.0934. The van der Waals surface area contributed by atoms with Gasteiger partial charge >= 0.3 is 0 Å². The van der Waals surface area contributed by atoms with E-state index in [0.717, 1.165) is 100 Å². The average Bonchev–Trinajstić information content (AvgIpc) is 3.05. The van der Waals surface area contributed by atoms with Crippen LogP contribution in [0.3, 0.4) is 0 Å². The third-order valence-corrected chi connectivity index (χ3v) is 8.46. The van der Waals surface area contributed by atoms with Gasteiger partial charge in [0.25, 0.3) is 5.91 Å². The number of fused-ring (bicyclic) bond motifs is 1. The Morgan fingerprint density at radius 2 is 1.69 bits per heavy atom. The largest absolute Gasteiger partial charge is 0.393 e. The van der Waals surface area contributed by atoms with Crippen LogP contribution in [-0.2, 0) is 7.05 Å². The van der Waals surface area contributed by atoms with E-state index in [1.807, 2.05) is 17.8 Å². The summed E-state index contributed by atoms with van der Waals surface area (Å²) >= 11 is 0. The number of nitrogens with zero attached hydrogens (tertiary/aromatic N) is 4. The summed E-state index contributed by atoms with van der Waals surface area (Å²) in [7, 11) is 1.99. The van der Waals surface area contributed by atoms with Crippen LogP contribution in [0.5, 0.6) is 0 Å². The van der Waals surface area contributed by atoms with Crippen molar-refractivity contribution in [3.63, 3.8) is 0 Å². The van der Waals surface area contributed by atoms with Gasteiger partial charge in [0.2, 0.25) is 0 Å². The van der Waals surface area contributed by atoms with Gasteiger partial charge in [-0.3, -0.25) is 4.79 Å². The number of rotatable bonds is 7. The number of aliphatic hydroxyl groups excluding tert-OH is 1. The maximum absolute atomic E-state index is 13.2. The van der Waals surface area contributed by atoms with Crippen LogP contribution in [0.2, 0.25) is 0 Å². The number of hydrogen-bond donors (Lipinski definition) is 3. The fraction of sp³-hybridized carbons (Fsp3) is 0.714. The predicted octanol–water partition coefficient (Wildman–Crippen LogP) is 3.04. The van der Waals surface area contributed by atoms with Gasteiger partial charge in [-0.05, 0) is 63.5 Å². The molecule has 0 radical (unpaired) electrons. The zero-order chi connectivity index (χ0) is 24.9. The lowest BCUT2D eigenvalue weighted by Gasteiger charge is -2.33. The highest BCUT2D eigenvalue weighted by Gasteiger charge is 2.24. The van der Waals surface area contributed by atoms with Crippen molar-refractivity contribution in [1.29, 1.82) is 0 Å². The second-order valence-corrected chi connectivity index (χ2v) is 11.1. The van der Waals surface area contributed by atoms with E-state index in [1.165, 1.54) is 25.7 Å². The highest BCUT2D eigenvalue weighted by molar-refractivity contribution is 6.06. The lowest BCUT2D eigenvalue weighted by molar-refractivity contribution is 0.0911. The smallest absolute Gasteiger partial charge is 0.253 e. The fourth-order valence-electron chi connectivity index (χ4n) is 6.17. The number of nitrogens with one attached hydrogen (secondary N) is 2. The molecule has 3 N–H and O–H groups in total. The van der Waals surface area contributed by atoms with Crippen LogP contribution in [-0.4, -0.2) is 82.9 Å². The van der Waals surface area contributed by atoms with Crippen LogP contribution < -0.4 is 15.5 Å². The molecule has 3 aliphatic rings. The maximum atomic E-state index is 13.2. The van der Waals surface area contributed by atoms with E-state index in [1.54, 1.807) is 0 Å². The fourth-order valence-corrected chi connectivity index (χ4v) is 6.17. The Hall–Kier alpha value is -2.16.